The average molecular weight is 267 g/mol. The van der Waals surface area contributed by atoms with Crippen LogP contribution in [0.1, 0.15) is 15.9 Å². The van der Waals surface area contributed by atoms with Crippen LogP contribution in [0.2, 0.25) is 0 Å². The summed E-state index contributed by atoms with van der Waals surface area (Å²) in [5.74, 6) is 1.04. The van der Waals surface area contributed by atoms with Gasteiger partial charge in [-0.25, -0.2) is 4.98 Å². The Kier molecular flexibility index (Phi) is 2.93. The first-order valence-electron chi connectivity index (χ1n) is 6.59. The molecule has 2 aromatic rings. The molecule has 1 aromatic carbocycles. The van der Waals surface area contributed by atoms with Crippen molar-refractivity contribution in [3.63, 3.8) is 0 Å². The summed E-state index contributed by atoms with van der Waals surface area (Å²) in [4.78, 5) is 20.1. The van der Waals surface area contributed by atoms with Gasteiger partial charge in [-0.3, -0.25) is 4.79 Å². The minimum absolute atomic E-state index is 0.102. The summed E-state index contributed by atoms with van der Waals surface area (Å²) in [6.07, 6.45) is 1.80. The fourth-order valence-electron chi connectivity index (χ4n) is 2.61. The van der Waals surface area contributed by atoms with E-state index in [9.17, 15) is 4.79 Å². The Balaban J connectivity index is 2.10. The summed E-state index contributed by atoms with van der Waals surface area (Å²) < 4.78 is 0. The van der Waals surface area contributed by atoms with Crippen molar-refractivity contribution in [3.8, 4) is 11.1 Å². The zero-order valence-corrected chi connectivity index (χ0v) is 11.9. The largest absolute Gasteiger partial charge is 0.362 e. The van der Waals surface area contributed by atoms with Crippen LogP contribution in [0.15, 0.2) is 36.5 Å². The summed E-state index contributed by atoms with van der Waals surface area (Å²) in [6, 6.07) is 10.0. The van der Waals surface area contributed by atoms with Gasteiger partial charge in [-0.15, -0.1) is 0 Å². The van der Waals surface area contributed by atoms with E-state index < -0.39 is 0 Å². The van der Waals surface area contributed by atoms with Crippen LogP contribution < -0.4 is 4.90 Å². The summed E-state index contributed by atoms with van der Waals surface area (Å²) in [5.41, 5.74) is 4.08. The van der Waals surface area contributed by atoms with E-state index in [1.54, 1.807) is 11.1 Å². The molecule has 1 aliphatic heterocycles. The van der Waals surface area contributed by atoms with Gasteiger partial charge in [0.25, 0.3) is 5.91 Å². The molecule has 1 amide bonds. The molecule has 0 bridgehead atoms. The molecule has 0 fully saturated rings. The number of rotatable bonds is 2. The van der Waals surface area contributed by atoms with Gasteiger partial charge < -0.3 is 9.80 Å². The van der Waals surface area contributed by atoms with Gasteiger partial charge in [0, 0.05) is 45.0 Å². The lowest BCUT2D eigenvalue weighted by atomic mass is 10.0. The molecule has 102 valence electrons. The molecule has 0 saturated carbocycles. The molecule has 0 spiro atoms. The molecule has 20 heavy (non-hydrogen) atoms. The lowest BCUT2D eigenvalue weighted by Gasteiger charge is -2.16. The first-order valence-corrected chi connectivity index (χ1v) is 6.59. The highest BCUT2D eigenvalue weighted by atomic mass is 16.2. The van der Waals surface area contributed by atoms with E-state index in [2.05, 4.69) is 17.1 Å². The van der Waals surface area contributed by atoms with E-state index in [0.29, 0.717) is 6.54 Å². The molecule has 1 aliphatic rings. The molecule has 2 heterocycles. The normalized spacial score (nSPS) is 13.6. The van der Waals surface area contributed by atoms with Gasteiger partial charge in [-0.2, -0.15) is 0 Å². The van der Waals surface area contributed by atoms with Crippen LogP contribution in [0.3, 0.4) is 0 Å². The maximum absolute atomic E-state index is 11.9. The highest BCUT2D eigenvalue weighted by molar-refractivity contribution is 5.99. The summed E-state index contributed by atoms with van der Waals surface area (Å²) in [5, 5.41) is 0. The monoisotopic (exact) mass is 267 g/mol. The molecular weight excluding hydrogens is 250 g/mol. The third kappa shape index (κ3) is 1.93. The van der Waals surface area contributed by atoms with Crippen LogP contribution in [0.5, 0.6) is 0 Å². The fraction of sp³-hybridized carbons (Fsp3) is 0.250. The van der Waals surface area contributed by atoms with Gasteiger partial charge in [-0.1, -0.05) is 6.07 Å². The first-order chi connectivity index (χ1) is 9.58. The molecule has 0 radical (unpaired) electrons. The van der Waals surface area contributed by atoms with Gasteiger partial charge in [0.05, 0.1) is 0 Å². The van der Waals surface area contributed by atoms with E-state index in [1.807, 2.05) is 44.2 Å². The fourth-order valence-corrected chi connectivity index (χ4v) is 2.61. The quantitative estimate of drug-likeness (QED) is 0.838. The summed E-state index contributed by atoms with van der Waals surface area (Å²) in [7, 11) is 5.80. The van der Waals surface area contributed by atoms with E-state index >= 15 is 0 Å². The van der Waals surface area contributed by atoms with Crippen molar-refractivity contribution in [2.75, 3.05) is 26.0 Å². The third-order valence-corrected chi connectivity index (χ3v) is 3.61. The zero-order chi connectivity index (χ0) is 14.3. The molecular formula is C16H17N3O. The number of anilines is 1. The molecule has 0 atom stereocenters. The highest BCUT2D eigenvalue weighted by Gasteiger charge is 2.24. The van der Waals surface area contributed by atoms with Crippen molar-refractivity contribution in [1.29, 1.82) is 0 Å². The van der Waals surface area contributed by atoms with Crippen molar-refractivity contribution in [3.05, 3.63) is 47.7 Å². The van der Waals surface area contributed by atoms with Crippen molar-refractivity contribution >= 4 is 11.7 Å². The standard InChI is InChI=1S/C16H17N3O/c1-18(2)15-13(5-4-8-17-15)11-6-7-14-12(9-11)10-19(3)16(14)20/h4-9H,10H2,1-3H3. The predicted molar refractivity (Wildman–Crippen MR) is 79.8 cm³/mol. The van der Waals surface area contributed by atoms with E-state index in [1.165, 1.54) is 0 Å². The Morgan fingerprint density at radius 3 is 2.75 bits per heavy atom. The smallest absolute Gasteiger partial charge is 0.254 e. The summed E-state index contributed by atoms with van der Waals surface area (Å²) in [6.45, 7) is 0.680. The number of benzene rings is 1. The molecule has 0 saturated heterocycles. The van der Waals surface area contributed by atoms with Crippen LogP contribution in [-0.2, 0) is 6.54 Å². The lowest BCUT2D eigenvalue weighted by molar-refractivity contribution is 0.0816. The van der Waals surface area contributed by atoms with Crippen LogP contribution in [0.25, 0.3) is 11.1 Å². The van der Waals surface area contributed by atoms with Crippen molar-refractivity contribution in [2.24, 2.45) is 0 Å². The Bertz CT molecular complexity index is 679. The second kappa shape index (κ2) is 4.63. The van der Waals surface area contributed by atoms with Gasteiger partial charge in [0.15, 0.2) is 0 Å². The zero-order valence-electron chi connectivity index (χ0n) is 11.9. The molecule has 4 heteroatoms. The minimum atomic E-state index is 0.102. The molecule has 0 N–H and O–H groups in total. The molecule has 1 aromatic heterocycles. The number of pyridine rings is 1. The molecule has 0 unspecified atom stereocenters. The van der Waals surface area contributed by atoms with E-state index in [4.69, 9.17) is 0 Å². The van der Waals surface area contributed by atoms with Crippen molar-refractivity contribution < 1.29 is 4.79 Å². The first kappa shape index (κ1) is 12.7. The molecule has 3 rings (SSSR count). The SMILES string of the molecule is CN1Cc2cc(-c3cccnc3N(C)C)ccc2C1=O. The number of nitrogens with zero attached hydrogens (tertiary/aromatic N) is 3. The minimum Gasteiger partial charge on any atom is -0.362 e. The topological polar surface area (TPSA) is 36.4 Å². The number of aromatic nitrogens is 1. The van der Waals surface area contributed by atoms with Crippen LogP contribution in [0.4, 0.5) is 5.82 Å². The second-order valence-corrected chi connectivity index (χ2v) is 5.30. The maximum Gasteiger partial charge on any atom is 0.254 e. The average Bonchev–Trinajstić information content (AvgIpc) is 2.73. The van der Waals surface area contributed by atoms with Crippen molar-refractivity contribution in [1.82, 2.24) is 9.88 Å². The third-order valence-electron chi connectivity index (χ3n) is 3.61. The van der Waals surface area contributed by atoms with Crippen molar-refractivity contribution in [2.45, 2.75) is 6.54 Å². The highest BCUT2D eigenvalue weighted by Crippen LogP contribution is 2.31. The maximum atomic E-state index is 11.9. The Morgan fingerprint density at radius 1 is 1.20 bits per heavy atom. The Morgan fingerprint density at radius 2 is 2.00 bits per heavy atom. The number of fused-ring (bicyclic) bond motifs is 1. The molecule has 0 aliphatic carbocycles. The number of amides is 1. The van der Waals surface area contributed by atoms with Crippen LogP contribution in [-0.4, -0.2) is 36.9 Å². The van der Waals surface area contributed by atoms with Gasteiger partial charge >= 0.3 is 0 Å². The van der Waals surface area contributed by atoms with E-state index in [-0.39, 0.29) is 5.91 Å². The van der Waals surface area contributed by atoms with Gasteiger partial charge in [0.2, 0.25) is 0 Å². The number of hydrogen-bond donors (Lipinski definition) is 0. The lowest BCUT2D eigenvalue weighted by Crippen LogP contribution is -2.17. The van der Waals surface area contributed by atoms with E-state index in [0.717, 1.165) is 28.1 Å². The van der Waals surface area contributed by atoms with Gasteiger partial charge in [0.1, 0.15) is 5.82 Å². The Hall–Kier alpha value is -2.36. The number of carbonyl (C=O) groups excluding carboxylic acids is 1. The Labute approximate surface area is 118 Å². The van der Waals surface area contributed by atoms with Crippen LogP contribution in [0, 0.1) is 0 Å². The summed E-state index contributed by atoms with van der Waals surface area (Å²) >= 11 is 0. The van der Waals surface area contributed by atoms with Crippen LogP contribution >= 0.6 is 0 Å². The predicted octanol–water partition coefficient (Wildman–Crippen LogP) is 2.40. The second-order valence-electron chi connectivity index (χ2n) is 5.30. The number of carbonyl (C=O) groups is 1. The van der Waals surface area contributed by atoms with Gasteiger partial charge in [-0.05, 0) is 35.4 Å². The number of hydrogen-bond acceptors (Lipinski definition) is 3. The molecule has 4 nitrogen and oxygen atoms in total.